The lowest BCUT2D eigenvalue weighted by Crippen LogP contribution is -2.45. The molecule has 0 bridgehead atoms. The maximum Gasteiger partial charge on any atom is 0.265 e. The van der Waals surface area contributed by atoms with Crippen LogP contribution >= 0.6 is 22.7 Å². The average Bonchev–Trinajstić information content (AvgIpc) is 3.58. The van der Waals surface area contributed by atoms with Crippen molar-refractivity contribution in [2.75, 3.05) is 4.31 Å². The van der Waals surface area contributed by atoms with Crippen LogP contribution in [0.1, 0.15) is 47.2 Å². The monoisotopic (exact) mass is 507 g/mol. The Balaban J connectivity index is 1.45. The molecule has 174 valence electrons. The Hall–Kier alpha value is -2.68. The van der Waals surface area contributed by atoms with E-state index < -0.39 is 10.0 Å². The van der Waals surface area contributed by atoms with Gasteiger partial charge >= 0.3 is 0 Å². The summed E-state index contributed by atoms with van der Waals surface area (Å²) in [4.78, 5) is 0.312. The Morgan fingerprint density at radius 2 is 1.71 bits per heavy atom. The van der Waals surface area contributed by atoms with Crippen LogP contribution in [0, 0.1) is 6.92 Å². The van der Waals surface area contributed by atoms with Gasteiger partial charge in [0.15, 0.2) is 5.82 Å². The molecule has 0 radical (unpaired) electrons. The summed E-state index contributed by atoms with van der Waals surface area (Å²) in [6.07, 6.45) is 7.75. The maximum atomic E-state index is 13.8. The highest BCUT2D eigenvalue weighted by Crippen LogP contribution is 2.45. The normalized spacial score (nSPS) is 17.3. The van der Waals surface area contributed by atoms with E-state index in [1.54, 1.807) is 39.1 Å². The van der Waals surface area contributed by atoms with Crippen LogP contribution in [0.25, 0.3) is 6.08 Å². The van der Waals surface area contributed by atoms with E-state index in [0.29, 0.717) is 17.1 Å². The van der Waals surface area contributed by atoms with Gasteiger partial charge in [-0.1, -0.05) is 29.8 Å². The highest BCUT2D eigenvalue weighted by Gasteiger charge is 2.41. The summed E-state index contributed by atoms with van der Waals surface area (Å²) < 4.78 is 29.2. The SMILES string of the molecule is Cc1ccc(S(=O)(=O)N(c2n[nH]c3c2C=CC(c2ccsc2)(c2ccsc2)C3)C2CCC2)cc1. The second kappa shape index (κ2) is 8.22. The van der Waals surface area contributed by atoms with Crippen LogP contribution in [0.2, 0.25) is 0 Å². The van der Waals surface area contributed by atoms with Crippen molar-refractivity contribution in [2.24, 2.45) is 0 Å². The summed E-state index contributed by atoms with van der Waals surface area (Å²) in [6.45, 7) is 1.96. The standard InChI is InChI=1S/C26H25N3O2S3/c1-18-5-7-22(8-6-18)34(30,31)29(21-3-2-4-21)25-23-9-12-26(15-24(23)27-28-25,19-10-13-32-16-19)20-11-14-33-17-20/h5-14,16-17,21H,2-4,15H2,1H3,(H,27,28). The van der Waals surface area contributed by atoms with Crippen molar-refractivity contribution >= 4 is 44.6 Å². The number of hydrogen-bond donors (Lipinski definition) is 1. The molecule has 0 unspecified atom stereocenters. The van der Waals surface area contributed by atoms with Crippen LogP contribution in [-0.4, -0.2) is 24.7 Å². The first-order valence-electron chi connectivity index (χ1n) is 11.4. The number of aromatic amines is 1. The van der Waals surface area contributed by atoms with Crippen molar-refractivity contribution in [1.82, 2.24) is 10.2 Å². The summed E-state index contributed by atoms with van der Waals surface area (Å²) in [7, 11) is -3.73. The van der Waals surface area contributed by atoms with Crippen LogP contribution < -0.4 is 4.31 Å². The highest BCUT2D eigenvalue weighted by molar-refractivity contribution is 7.92. The predicted octanol–water partition coefficient (Wildman–Crippen LogP) is 6.14. The van der Waals surface area contributed by atoms with Gasteiger partial charge in [-0.05, 0) is 83.1 Å². The van der Waals surface area contributed by atoms with Crippen LogP contribution in [0.15, 0.2) is 68.9 Å². The van der Waals surface area contributed by atoms with E-state index >= 15 is 0 Å². The Labute approximate surface area is 207 Å². The molecule has 1 fully saturated rings. The molecule has 1 saturated carbocycles. The quantitative estimate of drug-likeness (QED) is 0.341. The Kier molecular flexibility index (Phi) is 5.28. The van der Waals surface area contributed by atoms with Crippen molar-refractivity contribution < 1.29 is 8.42 Å². The summed E-state index contributed by atoms with van der Waals surface area (Å²) in [5, 5.41) is 16.5. The summed E-state index contributed by atoms with van der Waals surface area (Å²) >= 11 is 3.39. The molecule has 8 heteroatoms. The third kappa shape index (κ3) is 3.39. The lowest BCUT2D eigenvalue weighted by molar-refractivity contribution is 0.413. The molecule has 3 heterocycles. The van der Waals surface area contributed by atoms with Crippen LogP contribution in [-0.2, 0) is 21.9 Å². The minimum atomic E-state index is -3.73. The van der Waals surface area contributed by atoms with E-state index in [1.165, 1.54) is 11.1 Å². The number of rotatable bonds is 6. The van der Waals surface area contributed by atoms with Gasteiger partial charge in [0.2, 0.25) is 0 Å². The van der Waals surface area contributed by atoms with Crippen molar-refractivity contribution in [2.45, 2.75) is 49.0 Å². The van der Waals surface area contributed by atoms with Crippen molar-refractivity contribution in [3.05, 3.63) is 91.9 Å². The smallest absolute Gasteiger partial charge is 0.265 e. The molecule has 0 spiro atoms. The lowest BCUT2D eigenvalue weighted by atomic mass is 9.70. The number of anilines is 1. The number of nitrogens with one attached hydrogen (secondary N) is 1. The first-order chi connectivity index (χ1) is 16.5. The summed E-state index contributed by atoms with van der Waals surface area (Å²) in [5.74, 6) is 0.515. The summed E-state index contributed by atoms with van der Waals surface area (Å²) in [6, 6.07) is 11.4. The van der Waals surface area contributed by atoms with Gasteiger partial charge in [0, 0.05) is 29.1 Å². The minimum absolute atomic E-state index is 0.0625. The molecular weight excluding hydrogens is 483 g/mol. The largest absolute Gasteiger partial charge is 0.280 e. The zero-order chi connectivity index (χ0) is 23.3. The summed E-state index contributed by atoms with van der Waals surface area (Å²) in [5.41, 5.74) is 5.09. The second-order valence-corrected chi connectivity index (χ2v) is 12.5. The molecule has 0 amide bonds. The average molecular weight is 508 g/mol. The van der Waals surface area contributed by atoms with Gasteiger partial charge in [0.05, 0.1) is 4.90 Å². The maximum absolute atomic E-state index is 13.8. The van der Waals surface area contributed by atoms with Crippen molar-refractivity contribution in [3.8, 4) is 0 Å². The van der Waals surface area contributed by atoms with Crippen LogP contribution in [0.5, 0.6) is 0 Å². The number of H-pyrrole nitrogens is 1. The number of allylic oxidation sites excluding steroid dienone is 1. The second-order valence-electron chi connectivity index (χ2n) is 9.14. The molecule has 4 aromatic rings. The van der Waals surface area contributed by atoms with Gasteiger partial charge in [-0.15, -0.1) is 0 Å². The first kappa shape index (κ1) is 21.8. The van der Waals surface area contributed by atoms with Crippen LogP contribution in [0.4, 0.5) is 5.82 Å². The van der Waals surface area contributed by atoms with E-state index in [1.807, 2.05) is 19.1 Å². The van der Waals surface area contributed by atoms with Gasteiger partial charge in [-0.25, -0.2) is 12.7 Å². The number of thiophene rings is 2. The molecule has 1 N–H and O–H groups in total. The molecule has 5 nitrogen and oxygen atoms in total. The van der Waals surface area contributed by atoms with E-state index in [-0.39, 0.29) is 11.5 Å². The number of sulfonamides is 1. The van der Waals surface area contributed by atoms with Crippen molar-refractivity contribution in [1.29, 1.82) is 0 Å². The third-order valence-corrected chi connectivity index (χ3v) is 10.3. The molecular formula is C26H25N3O2S3. The molecule has 2 aliphatic rings. The molecule has 6 rings (SSSR count). The van der Waals surface area contributed by atoms with Gasteiger partial charge in [-0.3, -0.25) is 5.10 Å². The topological polar surface area (TPSA) is 66.1 Å². The predicted molar refractivity (Wildman–Crippen MR) is 139 cm³/mol. The minimum Gasteiger partial charge on any atom is -0.280 e. The van der Waals surface area contributed by atoms with Gasteiger partial charge in [0.25, 0.3) is 10.0 Å². The van der Waals surface area contributed by atoms with E-state index in [4.69, 9.17) is 0 Å². The number of nitrogens with zero attached hydrogens (tertiary/aromatic N) is 2. The molecule has 3 aromatic heterocycles. The highest BCUT2D eigenvalue weighted by atomic mass is 32.2. The molecule has 34 heavy (non-hydrogen) atoms. The lowest BCUT2D eigenvalue weighted by Gasteiger charge is -2.37. The Morgan fingerprint density at radius 1 is 1.03 bits per heavy atom. The molecule has 1 aromatic carbocycles. The van der Waals surface area contributed by atoms with Crippen molar-refractivity contribution in [3.63, 3.8) is 0 Å². The van der Waals surface area contributed by atoms with Gasteiger partial charge in [0.1, 0.15) is 0 Å². The van der Waals surface area contributed by atoms with E-state index in [0.717, 1.165) is 36.1 Å². The van der Waals surface area contributed by atoms with Gasteiger partial charge in [-0.2, -0.15) is 27.8 Å². The first-order valence-corrected chi connectivity index (χ1v) is 14.7. The van der Waals surface area contributed by atoms with Crippen LogP contribution in [0.3, 0.4) is 0 Å². The number of benzene rings is 1. The zero-order valence-electron chi connectivity index (χ0n) is 18.8. The molecule has 0 atom stereocenters. The fourth-order valence-corrected chi connectivity index (χ4v) is 8.10. The Bertz CT molecular complexity index is 1400. The zero-order valence-corrected chi connectivity index (χ0v) is 21.2. The molecule has 0 aliphatic heterocycles. The fraction of sp³-hybridized carbons (Fsp3) is 0.269. The molecule has 2 aliphatic carbocycles. The molecule has 0 saturated heterocycles. The fourth-order valence-electron chi connectivity index (χ4n) is 4.94. The number of aromatic nitrogens is 2. The van der Waals surface area contributed by atoms with E-state index in [9.17, 15) is 8.42 Å². The number of fused-ring (bicyclic) bond motifs is 1. The van der Waals surface area contributed by atoms with E-state index in [2.05, 4.69) is 56.0 Å². The van der Waals surface area contributed by atoms with Gasteiger partial charge < -0.3 is 0 Å². The number of aryl methyl sites for hydroxylation is 1. The third-order valence-electron chi connectivity index (χ3n) is 7.12. The Morgan fingerprint density at radius 3 is 2.26 bits per heavy atom. The number of hydrogen-bond acceptors (Lipinski definition) is 5.